The molecule has 0 spiro atoms. The summed E-state index contributed by atoms with van der Waals surface area (Å²) in [7, 11) is 1.96. The van der Waals surface area contributed by atoms with Crippen LogP contribution < -0.4 is 0 Å². The van der Waals surface area contributed by atoms with E-state index in [9.17, 15) is 4.79 Å². The summed E-state index contributed by atoms with van der Waals surface area (Å²) < 4.78 is 4.91. The molecule has 0 aliphatic heterocycles. The minimum absolute atomic E-state index is 0.0389. The first-order valence-corrected chi connectivity index (χ1v) is 4.86. The Morgan fingerprint density at radius 2 is 2.33 bits per heavy atom. The van der Waals surface area contributed by atoms with Gasteiger partial charge in [-0.05, 0) is 13.0 Å². The van der Waals surface area contributed by atoms with Crippen molar-refractivity contribution < 1.29 is 14.4 Å². The molecule has 0 amide bonds. The molecule has 1 heterocycles. The number of carbonyl (C=O) groups is 1. The lowest BCUT2D eigenvalue weighted by Crippen LogP contribution is -2.22. The zero-order chi connectivity index (χ0) is 11.4. The van der Waals surface area contributed by atoms with Crippen LogP contribution in [0.4, 0.5) is 0 Å². The highest BCUT2D eigenvalue weighted by Gasteiger charge is 2.12. The Balaban J connectivity index is 2.53. The quantitative estimate of drug-likeness (QED) is 0.800. The first kappa shape index (κ1) is 11.7. The number of aromatic carboxylic acids is 1. The molecule has 1 rings (SSSR count). The third-order valence-electron chi connectivity index (χ3n) is 1.88. The van der Waals surface area contributed by atoms with E-state index in [0.717, 1.165) is 6.54 Å². The van der Waals surface area contributed by atoms with E-state index >= 15 is 0 Å². The SMILES string of the molecule is CC(C)CN(C)Cc1cc(C(=O)O)no1. The van der Waals surface area contributed by atoms with Gasteiger partial charge in [0, 0.05) is 12.6 Å². The summed E-state index contributed by atoms with van der Waals surface area (Å²) in [5.74, 6) is 0.0870. The topological polar surface area (TPSA) is 66.6 Å². The van der Waals surface area contributed by atoms with Crippen LogP contribution in [0.2, 0.25) is 0 Å². The van der Waals surface area contributed by atoms with Gasteiger partial charge in [0.15, 0.2) is 11.5 Å². The van der Waals surface area contributed by atoms with Crippen molar-refractivity contribution in [2.24, 2.45) is 5.92 Å². The molecule has 84 valence electrons. The van der Waals surface area contributed by atoms with Crippen LogP contribution in [0.5, 0.6) is 0 Å². The molecule has 0 unspecified atom stereocenters. The predicted octanol–water partition coefficient (Wildman–Crippen LogP) is 1.46. The fourth-order valence-corrected chi connectivity index (χ4v) is 1.44. The fraction of sp³-hybridized carbons (Fsp3) is 0.600. The van der Waals surface area contributed by atoms with Crippen LogP contribution in [0, 0.1) is 5.92 Å². The van der Waals surface area contributed by atoms with Crippen molar-refractivity contribution in [3.8, 4) is 0 Å². The van der Waals surface area contributed by atoms with Gasteiger partial charge in [0.05, 0.1) is 6.54 Å². The van der Waals surface area contributed by atoms with Crippen LogP contribution in [-0.4, -0.2) is 34.7 Å². The summed E-state index contributed by atoms with van der Waals surface area (Å²) in [5, 5.41) is 12.1. The monoisotopic (exact) mass is 212 g/mol. The largest absolute Gasteiger partial charge is 0.476 e. The number of hydrogen-bond acceptors (Lipinski definition) is 4. The second-order valence-corrected chi connectivity index (χ2v) is 4.07. The predicted molar refractivity (Wildman–Crippen MR) is 54.6 cm³/mol. The van der Waals surface area contributed by atoms with Crippen molar-refractivity contribution in [3.63, 3.8) is 0 Å². The van der Waals surface area contributed by atoms with Crippen molar-refractivity contribution in [3.05, 3.63) is 17.5 Å². The molecule has 1 aromatic rings. The molecule has 0 atom stereocenters. The first-order chi connectivity index (χ1) is 6.99. The van der Waals surface area contributed by atoms with Gasteiger partial charge in [-0.3, -0.25) is 4.90 Å². The van der Waals surface area contributed by atoms with E-state index in [1.807, 2.05) is 7.05 Å². The Bertz CT molecular complexity index is 333. The maximum atomic E-state index is 10.5. The van der Waals surface area contributed by atoms with Crippen molar-refractivity contribution in [2.75, 3.05) is 13.6 Å². The maximum absolute atomic E-state index is 10.5. The molecule has 0 aliphatic rings. The van der Waals surface area contributed by atoms with Gasteiger partial charge in [0.1, 0.15) is 0 Å². The number of rotatable bonds is 5. The Kier molecular flexibility index (Phi) is 3.85. The zero-order valence-corrected chi connectivity index (χ0v) is 9.23. The van der Waals surface area contributed by atoms with Crippen molar-refractivity contribution in [1.29, 1.82) is 0 Å². The average Bonchev–Trinajstić information content (AvgIpc) is 2.50. The summed E-state index contributed by atoms with van der Waals surface area (Å²) in [6, 6.07) is 1.46. The molecular formula is C10H16N2O3. The van der Waals surface area contributed by atoms with Gasteiger partial charge in [-0.2, -0.15) is 0 Å². The second-order valence-electron chi connectivity index (χ2n) is 4.07. The summed E-state index contributed by atoms with van der Waals surface area (Å²) in [6.45, 7) is 5.76. The van der Waals surface area contributed by atoms with E-state index in [1.54, 1.807) is 0 Å². The van der Waals surface area contributed by atoms with Crippen LogP contribution >= 0.6 is 0 Å². The van der Waals surface area contributed by atoms with Gasteiger partial charge in [0.25, 0.3) is 0 Å². The summed E-state index contributed by atoms with van der Waals surface area (Å²) >= 11 is 0. The minimum atomic E-state index is -1.06. The van der Waals surface area contributed by atoms with E-state index in [1.165, 1.54) is 6.07 Å². The number of carboxylic acids is 1. The van der Waals surface area contributed by atoms with Crippen LogP contribution in [-0.2, 0) is 6.54 Å². The molecule has 1 N–H and O–H groups in total. The Labute approximate surface area is 88.7 Å². The normalized spacial score (nSPS) is 11.3. The number of hydrogen-bond donors (Lipinski definition) is 1. The van der Waals surface area contributed by atoms with Crippen LogP contribution in [0.1, 0.15) is 30.1 Å². The fourth-order valence-electron chi connectivity index (χ4n) is 1.44. The van der Waals surface area contributed by atoms with Gasteiger partial charge in [-0.1, -0.05) is 19.0 Å². The Hall–Kier alpha value is -1.36. The third kappa shape index (κ3) is 3.71. The van der Waals surface area contributed by atoms with E-state index in [2.05, 4.69) is 23.9 Å². The van der Waals surface area contributed by atoms with Gasteiger partial charge in [-0.15, -0.1) is 0 Å². The van der Waals surface area contributed by atoms with Gasteiger partial charge in [0.2, 0.25) is 0 Å². The highest BCUT2D eigenvalue weighted by atomic mass is 16.5. The highest BCUT2D eigenvalue weighted by molar-refractivity contribution is 5.85. The smallest absolute Gasteiger partial charge is 0.358 e. The molecule has 15 heavy (non-hydrogen) atoms. The minimum Gasteiger partial charge on any atom is -0.476 e. The highest BCUT2D eigenvalue weighted by Crippen LogP contribution is 2.07. The molecule has 0 saturated carbocycles. The van der Waals surface area contributed by atoms with Gasteiger partial charge in [-0.25, -0.2) is 4.79 Å². The summed E-state index contributed by atoms with van der Waals surface area (Å²) in [6.07, 6.45) is 0. The van der Waals surface area contributed by atoms with Gasteiger partial charge < -0.3 is 9.63 Å². The molecule has 0 radical (unpaired) electrons. The standard InChI is InChI=1S/C10H16N2O3/c1-7(2)5-12(3)6-8-4-9(10(13)14)11-15-8/h4,7H,5-6H2,1-3H3,(H,13,14). The number of carboxylic acid groups (broad SMARTS) is 1. The van der Waals surface area contributed by atoms with Crippen molar-refractivity contribution in [1.82, 2.24) is 10.1 Å². The molecule has 0 aliphatic carbocycles. The average molecular weight is 212 g/mol. The second kappa shape index (κ2) is 4.93. The molecule has 0 aromatic carbocycles. The lowest BCUT2D eigenvalue weighted by atomic mass is 10.2. The molecular weight excluding hydrogens is 196 g/mol. The van der Waals surface area contributed by atoms with Crippen molar-refractivity contribution in [2.45, 2.75) is 20.4 Å². The van der Waals surface area contributed by atoms with Crippen LogP contribution in [0.25, 0.3) is 0 Å². The summed E-state index contributed by atoms with van der Waals surface area (Å²) in [4.78, 5) is 12.6. The van der Waals surface area contributed by atoms with E-state index in [4.69, 9.17) is 9.63 Å². The van der Waals surface area contributed by atoms with Crippen LogP contribution in [0.15, 0.2) is 10.6 Å². The molecule has 5 heteroatoms. The molecule has 0 fully saturated rings. The number of nitrogens with zero attached hydrogens (tertiary/aromatic N) is 2. The van der Waals surface area contributed by atoms with Crippen molar-refractivity contribution >= 4 is 5.97 Å². The molecule has 0 saturated heterocycles. The lowest BCUT2D eigenvalue weighted by molar-refractivity contribution is 0.0685. The van der Waals surface area contributed by atoms with E-state index in [0.29, 0.717) is 18.2 Å². The maximum Gasteiger partial charge on any atom is 0.358 e. The van der Waals surface area contributed by atoms with E-state index < -0.39 is 5.97 Å². The van der Waals surface area contributed by atoms with E-state index in [-0.39, 0.29) is 5.69 Å². The molecule has 5 nitrogen and oxygen atoms in total. The van der Waals surface area contributed by atoms with Gasteiger partial charge >= 0.3 is 5.97 Å². The summed E-state index contributed by atoms with van der Waals surface area (Å²) in [5.41, 5.74) is -0.0389. The Morgan fingerprint density at radius 3 is 2.80 bits per heavy atom. The first-order valence-electron chi connectivity index (χ1n) is 4.86. The Morgan fingerprint density at radius 1 is 1.67 bits per heavy atom. The zero-order valence-electron chi connectivity index (χ0n) is 9.23. The van der Waals surface area contributed by atoms with Crippen LogP contribution in [0.3, 0.4) is 0 Å². The number of aromatic nitrogens is 1. The molecule has 0 bridgehead atoms. The third-order valence-corrected chi connectivity index (χ3v) is 1.88. The lowest BCUT2D eigenvalue weighted by Gasteiger charge is -2.16. The molecule has 1 aromatic heterocycles.